The fourth-order valence-corrected chi connectivity index (χ4v) is 5.16. The molecular weight excluding hydrogens is 426 g/mol. The highest BCUT2D eigenvalue weighted by molar-refractivity contribution is 7.99. The van der Waals surface area contributed by atoms with Gasteiger partial charge in [0.2, 0.25) is 11.7 Å². The van der Waals surface area contributed by atoms with Gasteiger partial charge in [0, 0.05) is 12.5 Å². The smallest absolute Gasteiger partial charge is 0.217 e. The Morgan fingerprint density at radius 2 is 1.88 bits per heavy atom. The van der Waals surface area contributed by atoms with E-state index in [1.165, 1.54) is 6.92 Å². The molecule has 0 fully saturated rings. The monoisotopic (exact) mass is 457 g/mol. The average molecular weight is 458 g/mol. The van der Waals surface area contributed by atoms with Crippen molar-refractivity contribution < 1.29 is 19.0 Å². The van der Waals surface area contributed by atoms with Crippen LogP contribution in [0.3, 0.4) is 0 Å². The summed E-state index contributed by atoms with van der Waals surface area (Å²) in [6, 6.07) is 7.20. The van der Waals surface area contributed by atoms with Crippen molar-refractivity contribution in [1.82, 2.24) is 5.32 Å². The second-order valence-corrected chi connectivity index (χ2v) is 8.89. The largest absolute Gasteiger partial charge is 0.493 e. The van der Waals surface area contributed by atoms with Crippen LogP contribution >= 0.6 is 11.8 Å². The molecule has 172 valence electrons. The van der Waals surface area contributed by atoms with E-state index in [1.54, 1.807) is 39.2 Å². The van der Waals surface area contributed by atoms with Crippen LogP contribution < -0.4 is 25.0 Å². The Morgan fingerprint density at radius 1 is 1.12 bits per heavy atom. The number of amides is 1. The topological polar surface area (TPSA) is 73.9 Å². The number of methoxy groups -OCH3 is 3. The number of unbranched alkanes of at least 4 members (excludes halogenated alkanes) is 1. The summed E-state index contributed by atoms with van der Waals surface area (Å²) in [5, 5.41) is 3.03. The second-order valence-electron chi connectivity index (χ2n) is 7.75. The molecule has 6 nitrogen and oxygen atoms in total. The average Bonchev–Trinajstić information content (AvgIpc) is 3.02. The number of thioether (sulfide) groups is 1. The molecule has 1 N–H and O–H groups in total. The van der Waals surface area contributed by atoms with Crippen molar-refractivity contribution in [2.75, 3.05) is 27.1 Å². The predicted molar refractivity (Wildman–Crippen MR) is 128 cm³/mol. The van der Waals surface area contributed by atoms with Crippen molar-refractivity contribution in [3.8, 4) is 28.4 Å². The Morgan fingerprint density at radius 3 is 2.50 bits per heavy atom. The van der Waals surface area contributed by atoms with Crippen LogP contribution in [0, 0.1) is 0 Å². The number of carbonyl (C=O) groups excluding carboxylic acids is 1. The minimum atomic E-state index is -0.287. The fourth-order valence-electron chi connectivity index (χ4n) is 4.14. The summed E-state index contributed by atoms with van der Waals surface area (Å²) < 4.78 is 17.0. The number of nitrogens with one attached hydrogen (secondary N) is 1. The highest BCUT2D eigenvalue weighted by Crippen LogP contribution is 2.50. The van der Waals surface area contributed by atoms with E-state index in [0.29, 0.717) is 35.0 Å². The molecule has 1 aliphatic rings. The molecule has 0 aromatic heterocycles. The number of aryl methyl sites for hydroxylation is 1. The van der Waals surface area contributed by atoms with E-state index >= 15 is 0 Å². The molecule has 32 heavy (non-hydrogen) atoms. The normalized spacial score (nSPS) is 14.6. The lowest BCUT2D eigenvalue weighted by Crippen LogP contribution is -2.26. The van der Waals surface area contributed by atoms with Crippen LogP contribution in [0.1, 0.15) is 50.3 Å². The van der Waals surface area contributed by atoms with E-state index < -0.39 is 0 Å². The van der Waals surface area contributed by atoms with Gasteiger partial charge < -0.3 is 19.5 Å². The number of ether oxygens (including phenoxy) is 3. The maximum absolute atomic E-state index is 13.1. The molecule has 0 spiro atoms. The number of hydrogen-bond acceptors (Lipinski definition) is 6. The van der Waals surface area contributed by atoms with Gasteiger partial charge in [-0.3, -0.25) is 9.59 Å². The van der Waals surface area contributed by atoms with E-state index in [4.69, 9.17) is 14.2 Å². The van der Waals surface area contributed by atoms with Gasteiger partial charge >= 0.3 is 0 Å². The van der Waals surface area contributed by atoms with Gasteiger partial charge in [0.1, 0.15) is 0 Å². The van der Waals surface area contributed by atoms with Crippen molar-refractivity contribution in [3.05, 3.63) is 45.6 Å². The third kappa shape index (κ3) is 4.88. The number of benzene rings is 1. The summed E-state index contributed by atoms with van der Waals surface area (Å²) in [7, 11) is 4.77. The highest BCUT2D eigenvalue weighted by atomic mass is 32.2. The molecule has 0 heterocycles. The van der Waals surface area contributed by atoms with E-state index in [-0.39, 0.29) is 17.4 Å². The van der Waals surface area contributed by atoms with Crippen molar-refractivity contribution in [2.45, 2.75) is 50.5 Å². The van der Waals surface area contributed by atoms with Gasteiger partial charge in [-0.15, -0.1) is 11.8 Å². The zero-order valence-electron chi connectivity index (χ0n) is 19.4. The van der Waals surface area contributed by atoms with Crippen LogP contribution in [-0.4, -0.2) is 33.0 Å². The first-order valence-corrected chi connectivity index (χ1v) is 11.8. The van der Waals surface area contributed by atoms with Crippen molar-refractivity contribution in [3.63, 3.8) is 0 Å². The summed E-state index contributed by atoms with van der Waals surface area (Å²) in [6.07, 6.45) is 3.46. The molecule has 2 aromatic carbocycles. The van der Waals surface area contributed by atoms with Crippen LogP contribution in [0.4, 0.5) is 0 Å². The minimum Gasteiger partial charge on any atom is -0.493 e. The first-order valence-electron chi connectivity index (χ1n) is 10.8. The Balaban J connectivity index is 2.31. The summed E-state index contributed by atoms with van der Waals surface area (Å²) in [4.78, 5) is 25.8. The van der Waals surface area contributed by atoms with Crippen LogP contribution in [0.15, 0.2) is 34.0 Å². The molecule has 1 atom stereocenters. The van der Waals surface area contributed by atoms with Crippen molar-refractivity contribution in [2.24, 2.45) is 0 Å². The predicted octanol–water partition coefficient (Wildman–Crippen LogP) is 4.76. The summed E-state index contributed by atoms with van der Waals surface area (Å²) in [6.45, 7) is 3.63. The van der Waals surface area contributed by atoms with Gasteiger partial charge in [0.25, 0.3) is 0 Å². The van der Waals surface area contributed by atoms with Crippen molar-refractivity contribution >= 4 is 17.7 Å². The first-order chi connectivity index (χ1) is 15.4. The SMILES string of the molecule is CCCCSc1ccc2c(cc1=O)C(NC(C)=O)CCc1cc(OC)c(OC)c(OC)c1-2. The molecular formula is C25H31NO5S. The molecule has 3 rings (SSSR count). The number of rotatable bonds is 8. The summed E-state index contributed by atoms with van der Waals surface area (Å²) in [5.41, 5.74) is 3.50. The van der Waals surface area contributed by atoms with Gasteiger partial charge in [-0.25, -0.2) is 0 Å². The quantitative estimate of drug-likeness (QED) is 0.455. The number of fused-ring (bicyclic) bond motifs is 3. The molecule has 1 aliphatic carbocycles. The lowest BCUT2D eigenvalue weighted by Gasteiger charge is -2.19. The van der Waals surface area contributed by atoms with Gasteiger partial charge in [0.05, 0.1) is 32.3 Å². The molecule has 0 radical (unpaired) electrons. The standard InChI is InChI=1S/C25H31NO5S/c1-6-7-12-32-22-11-9-17-18(14-20(22)28)19(26-15(2)27)10-8-16-13-21(29-3)24(30-4)25(31-5)23(16)17/h9,11,13-14,19H,6-8,10,12H2,1-5H3,(H,26,27). The maximum Gasteiger partial charge on any atom is 0.217 e. The van der Waals surface area contributed by atoms with Gasteiger partial charge in [-0.2, -0.15) is 0 Å². The van der Waals surface area contributed by atoms with Gasteiger partial charge in [-0.1, -0.05) is 19.4 Å². The lowest BCUT2D eigenvalue weighted by atomic mass is 9.95. The van der Waals surface area contributed by atoms with E-state index in [0.717, 1.165) is 40.8 Å². The van der Waals surface area contributed by atoms with Crippen LogP contribution in [0.2, 0.25) is 0 Å². The molecule has 2 aromatic rings. The Bertz CT molecular complexity index is 1050. The number of carbonyl (C=O) groups is 1. The highest BCUT2D eigenvalue weighted by Gasteiger charge is 2.29. The molecule has 0 aliphatic heterocycles. The molecule has 1 amide bonds. The van der Waals surface area contributed by atoms with Crippen LogP contribution in [0.5, 0.6) is 17.2 Å². The van der Waals surface area contributed by atoms with Crippen LogP contribution in [-0.2, 0) is 11.2 Å². The Kier molecular flexibility index (Phi) is 8.07. The summed E-state index contributed by atoms with van der Waals surface area (Å²) in [5.74, 6) is 2.41. The van der Waals surface area contributed by atoms with E-state index in [1.807, 2.05) is 18.2 Å². The number of hydrogen-bond donors (Lipinski definition) is 1. The zero-order valence-corrected chi connectivity index (χ0v) is 20.2. The van der Waals surface area contributed by atoms with Crippen LogP contribution in [0.25, 0.3) is 11.1 Å². The first kappa shape index (κ1) is 24.0. The maximum atomic E-state index is 13.1. The molecule has 1 unspecified atom stereocenters. The minimum absolute atomic E-state index is 0.0365. The zero-order chi connectivity index (χ0) is 23.3. The Labute approximate surface area is 193 Å². The second kappa shape index (κ2) is 10.8. The van der Waals surface area contributed by atoms with E-state index in [9.17, 15) is 9.59 Å². The fraction of sp³-hybridized carbons (Fsp3) is 0.440. The third-order valence-corrected chi connectivity index (χ3v) is 6.77. The van der Waals surface area contributed by atoms with Gasteiger partial charge in [-0.05, 0) is 59.9 Å². The molecule has 0 bridgehead atoms. The summed E-state index contributed by atoms with van der Waals surface area (Å²) >= 11 is 1.57. The molecule has 0 saturated carbocycles. The van der Waals surface area contributed by atoms with Gasteiger partial charge in [0.15, 0.2) is 16.9 Å². The molecule has 0 saturated heterocycles. The lowest BCUT2D eigenvalue weighted by molar-refractivity contribution is -0.119. The Hall–Kier alpha value is -2.67. The van der Waals surface area contributed by atoms with E-state index in [2.05, 4.69) is 12.2 Å². The third-order valence-electron chi connectivity index (χ3n) is 5.63. The molecule has 7 heteroatoms. The van der Waals surface area contributed by atoms with Crippen molar-refractivity contribution in [1.29, 1.82) is 0 Å².